The van der Waals surface area contributed by atoms with Crippen molar-refractivity contribution in [2.24, 2.45) is 0 Å². The Kier molecular flexibility index (Phi) is 8.59. The van der Waals surface area contributed by atoms with Gasteiger partial charge in [-0.15, -0.1) is 6.58 Å². The first kappa shape index (κ1) is 28.2. The van der Waals surface area contributed by atoms with E-state index in [9.17, 15) is 14.4 Å². The second kappa shape index (κ2) is 12.5. The number of rotatable bonds is 9. The van der Waals surface area contributed by atoms with E-state index in [0.717, 1.165) is 39.8 Å². The van der Waals surface area contributed by atoms with Gasteiger partial charge in [0.2, 0.25) is 5.91 Å². The summed E-state index contributed by atoms with van der Waals surface area (Å²) in [5, 5.41) is -0.455. The molecule has 0 spiro atoms. The van der Waals surface area contributed by atoms with E-state index >= 15 is 0 Å². The highest BCUT2D eigenvalue weighted by atomic mass is 32.2. The third-order valence-electron chi connectivity index (χ3n) is 7.19. The predicted molar refractivity (Wildman–Crippen MR) is 161 cm³/mol. The minimum Gasteiger partial charge on any atom is -0.493 e. The van der Waals surface area contributed by atoms with Crippen molar-refractivity contribution in [2.45, 2.75) is 32.9 Å². The summed E-state index contributed by atoms with van der Waals surface area (Å²) in [7, 11) is 1.56. The lowest BCUT2D eigenvalue weighted by Crippen LogP contribution is -2.44. The summed E-state index contributed by atoms with van der Waals surface area (Å²) in [6.07, 6.45) is 4.71. The normalized spacial score (nSPS) is 15.7. The number of hydrogen-bond acceptors (Lipinski definition) is 6. The molecule has 1 fully saturated rings. The molecule has 0 aliphatic carbocycles. The van der Waals surface area contributed by atoms with Gasteiger partial charge in [-0.25, -0.2) is 0 Å². The van der Waals surface area contributed by atoms with E-state index < -0.39 is 11.1 Å². The summed E-state index contributed by atoms with van der Waals surface area (Å²) in [5.41, 5.74) is 6.06. The number of aryl methyl sites for hydroxylation is 1. The molecule has 7 nitrogen and oxygen atoms in total. The van der Waals surface area contributed by atoms with Gasteiger partial charge in [-0.3, -0.25) is 19.3 Å². The Morgan fingerprint density at radius 2 is 1.83 bits per heavy atom. The third-order valence-corrected chi connectivity index (χ3v) is 8.10. The minimum atomic E-state index is -0.477. The molecule has 2 aliphatic heterocycles. The molecular weight excluding hydrogens is 536 g/mol. The Hall–Kier alpha value is -4.30. The van der Waals surface area contributed by atoms with E-state index in [1.807, 2.05) is 55.5 Å². The van der Waals surface area contributed by atoms with Crippen LogP contribution in [0.4, 0.5) is 4.79 Å². The molecule has 5 rings (SSSR count). The van der Waals surface area contributed by atoms with Gasteiger partial charge in [0.15, 0.2) is 11.5 Å². The van der Waals surface area contributed by atoms with Crippen molar-refractivity contribution < 1.29 is 23.9 Å². The van der Waals surface area contributed by atoms with Crippen LogP contribution in [0.1, 0.15) is 33.4 Å². The van der Waals surface area contributed by atoms with Crippen molar-refractivity contribution in [1.29, 1.82) is 0 Å². The van der Waals surface area contributed by atoms with Crippen LogP contribution in [-0.4, -0.2) is 47.1 Å². The lowest BCUT2D eigenvalue weighted by atomic mass is 10.00. The second-order valence-corrected chi connectivity index (χ2v) is 11.1. The minimum absolute atomic E-state index is 0.243. The van der Waals surface area contributed by atoms with E-state index in [1.165, 1.54) is 11.1 Å². The van der Waals surface area contributed by atoms with Gasteiger partial charge in [0.1, 0.15) is 13.2 Å². The fraction of sp³-hybridized carbons (Fsp3) is 0.242. The number of carbonyl (C=O) groups excluding carboxylic acids is 3. The van der Waals surface area contributed by atoms with Crippen molar-refractivity contribution >= 4 is 34.9 Å². The number of imide groups is 1. The van der Waals surface area contributed by atoms with Gasteiger partial charge in [-0.2, -0.15) is 0 Å². The molecule has 0 aromatic heterocycles. The standard InChI is InChI=1S/C33H32N2O5S/c1-4-7-26-16-24(17-28(39-3)31(26)40-21-23-12-10-22(2)11-13-23)18-29-32(37)35(33(38)41-29)20-30(36)34-15-14-25-8-5-6-9-27(25)19-34/h4-6,8-13,16-18H,1,7,14-15,19-21H2,2-3H3/b29-18-. The second-order valence-electron chi connectivity index (χ2n) is 10.1. The molecule has 0 bridgehead atoms. The maximum atomic E-state index is 13.2. The predicted octanol–water partition coefficient (Wildman–Crippen LogP) is 5.93. The zero-order chi connectivity index (χ0) is 28.9. The molecule has 3 aromatic rings. The summed E-state index contributed by atoms with van der Waals surface area (Å²) in [5.74, 6) is 0.400. The van der Waals surface area contributed by atoms with Crippen molar-refractivity contribution in [3.05, 3.63) is 112 Å². The molecule has 8 heteroatoms. The average Bonchev–Trinajstić information content (AvgIpc) is 3.24. The van der Waals surface area contributed by atoms with Crippen molar-refractivity contribution in [3.63, 3.8) is 0 Å². The van der Waals surface area contributed by atoms with Gasteiger partial charge >= 0.3 is 0 Å². The number of nitrogens with zero attached hydrogens (tertiary/aromatic N) is 2. The Morgan fingerprint density at radius 3 is 2.56 bits per heavy atom. The Morgan fingerprint density at radius 1 is 1.07 bits per heavy atom. The quantitative estimate of drug-likeness (QED) is 0.235. The van der Waals surface area contributed by atoms with Crippen molar-refractivity contribution in [2.75, 3.05) is 20.2 Å². The van der Waals surface area contributed by atoms with Crippen LogP contribution in [0.25, 0.3) is 6.08 Å². The van der Waals surface area contributed by atoms with Crippen LogP contribution in [0.3, 0.4) is 0 Å². The molecular formula is C33H32N2O5S. The van der Waals surface area contributed by atoms with Crippen LogP contribution in [-0.2, 0) is 35.6 Å². The number of methoxy groups -OCH3 is 1. The van der Waals surface area contributed by atoms with Gasteiger partial charge in [-0.1, -0.05) is 60.2 Å². The van der Waals surface area contributed by atoms with Crippen molar-refractivity contribution in [1.82, 2.24) is 9.80 Å². The maximum Gasteiger partial charge on any atom is 0.294 e. The molecule has 0 radical (unpaired) electrons. The zero-order valence-corrected chi connectivity index (χ0v) is 24.0. The third kappa shape index (κ3) is 6.38. The number of benzene rings is 3. The number of ether oxygens (including phenoxy) is 2. The van der Waals surface area contributed by atoms with Gasteiger partial charge < -0.3 is 14.4 Å². The largest absolute Gasteiger partial charge is 0.493 e. The number of fused-ring (bicyclic) bond motifs is 1. The number of allylic oxidation sites excluding steroid dienone is 1. The fourth-order valence-corrected chi connectivity index (χ4v) is 5.80. The molecule has 2 heterocycles. The molecule has 0 saturated carbocycles. The summed E-state index contributed by atoms with van der Waals surface area (Å²) < 4.78 is 11.8. The van der Waals surface area contributed by atoms with Crippen molar-refractivity contribution in [3.8, 4) is 11.5 Å². The van der Waals surface area contributed by atoms with Crippen LogP contribution >= 0.6 is 11.8 Å². The molecule has 3 aromatic carbocycles. The van der Waals surface area contributed by atoms with E-state index in [4.69, 9.17) is 9.47 Å². The van der Waals surface area contributed by atoms with Crippen LogP contribution in [0.5, 0.6) is 11.5 Å². The molecule has 0 N–H and O–H groups in total. The van der Waals surface area contributed by atoms with Gasteiger partial charge in [0, 0.05) is 18.7 Å². The fourth-order valence-electron chi connectivity index (χ4n) is 4.96. The highest BCUT2D eigenvalue weighted by Gasteiger charge is 2.37. The van der Waals surface area contributed by atoms with Gasteiger partial charge in [0.05, 0.1) is 12.0 Å². The zero-order valence-electron chi connectivity index (χ0n) is 23.2. The molecule has 2 aliphatic rings. The Balaban J connectivity index is 1.32. The summed E-state index contributed by atoms with van der Waals surface area (Å²) in [4.78, 5) is 42.1. The van der Waals surface area contributed by atoms with Crippen LogP contribution in [0.2, 0.25) is 0 Å². The van der Waals surface area contributed by atoms with E-state index in [2.05, 4.69) is 12.6 Å². The topological polar surface area (TPSA) is 76.2 Å². The van der Waals surface area contributed by atoms with Crippen LogP contribution in [0.15, 0.2) is 78.2 Å². The summed E-state index contributed by atoms with van der Waals surface area (Å²) in [6.45, 7) is 7.04. The smallest absolute Gasteiger partial charge is 0.294 e. The number of thioether (sulfide) groups is 1. The monoisotopic (exact) mass is 568 g/mol. The molecule has 210 valence electrons. The van der Waals surface area contributed by atoms with E-state index in [-0.39, 0.29) is 17.4 Å². The van der Waals surface area contributed by atoms with Crippen LogP contribution in [0, 0.1) is 6.92 Å². The lowest BCUT2D eigenvalue weighted by Gasteiger charge is -2.29. The first-order chi connectivity index (χ1) is 19.9. The first-order valence-electron chi connectivity index (χ1n) is 13.5. The Bertz CT molecular complexity index is 1530. The Labute approximate surface area is 244 Å². The summed E-state index contributed by atoms with van der Waals surface area (Å²) in [6, 6.07) is 19.8. The number of hydrogen-bond donors (Lipinski definition) is 0. The number of amides is 3. The van der Waals surface area contributed by atoms with E-state index in [0.29, 0.717) is 43.2 Å². The number of carbonyl (C=O) groups is 3. The highest BCUT2D eigenvalue weighted by molar-refractivity contribution is 8.18. The molecule has 0 unspecified atom stereocenters. The lowest BCUT2D eigenvalue weighted by molar-refractivity contribution is -0.136. The maximum absolute atomic E-state index is 13.2. The molecule has 1 saturated heterocycles. The first-order valence-corrected chi connectivity index (χ1v) is 14.3. The van der Waals surface area contributed by atoms with E-state index in [1.54, 1.807) is 30.2 Å². The summed E-state index contributed by atoms with van der Waals surface area (Å²) >= 11 is 0.835. The average molecular weight is 569 g/mol. The SMILES string of the molecule is C=CCc1cc(/C=C2\SC(=O)N(CC(=O)N3CCc4ccccc4C3)C2=O)cc(OC)c1OCc1ccc(C)cc1. The van der Waals surface area contributed by atoms with Crippen LogP contribution < -0.4 is 9.47 Å². The molecule has 41 heavy (non-hydrogen) atoms. The molecule has 3 amide bonds. The highest BCUT2D eigenvalue weighted by Crippen LogP contribution is 2.37. The molecule has 0 atom stereocenters. The van der Waals surface area contributed by atoms with Gasteiger partial charge in [0.25, 0.3) is 11.1 Å². The van der Waals surface area contributed by atoms with Gasteiger partial charge in [-0.05, 0) is 72.0 Å².